The fraction of sp³-hybridized carbons (Fsp3) is 0.519. The molecule has 0 aliphatic heterocycles. The molecule has 0 saturated heterocycles. The molecular weight excluding hydrogens is 340 g/mol. The Hall–Kier alpha value is -1.98. The molecule has 0 atom stereocenters. The first-order valence-electron chi connectivity index (χ1n) is 11.3. The molecule has 0 spiro atoms. The minimum Gasteiger partial charge on any atom is -0.490 e. The standard InChI is InChI=1S/C27H36O/c1-4-6-7-12-15-26-25-18-16-22(21(3)5-2)20-23(25)17-19-27(26)28-24-13-10-8-9-11-14-24/h16-20,24H,2,4,6-15H2,1,3H3. The van der Waals surface area contributed by atoms with Crippen molar-refractivity contribution in [1.29, 1.82) is 0 Å². The van der Waals surface area contributed by atoms with E-state index in [1.165, 1.54) is 86.1 Å². The van der Waals surface area contributed by atoms with Gasteiger partial charge in [0.25, 0.3) is 0 Å². The van der Waals surface area contributed by atoms with Crippen LogP contribution in [-0.4, -0.2) is 6.10 Å². The molecule has 150 valence electrons. The highest BCUT2D eigenvalue weighted by molar-refractivity contribution is 5.90. The van der Waals surface area contributed by atoms with Crippen molar-refractivity contribution in [2.24, 2.45) is 0 Å². The molecule has 1 aliphatic rings. The molecule has 1 heteroatoms. The second-order valence-electron chi connectivity index (χ2n) is 8.32. The molecule has 0 aromatic heterocycles. The van der Waals surface area contributed by atoms with Gasteiger partial charge in [-0.15, -0.1) is 5.73 Å². The van der Waals surface area contributed by atoms with Gasteiger partial charge >= 0.3 is 0 Å². The average molecular weight is 377 g/mol. The van der Waals surface area contributed by atoms with Crippen molar-refractivity contribution < 1.29 is 4.74 Å². The molecule has 1 aliphatic carbocycles. The summed E-state index contributed by atoms with van der Waals surface area (Å²) in [6.45, 7) is 8.14. The maximum absolute atomic E-state index is 6.60. The summed E-state index contributed by atoms with van der Waals surface area (Å²) in [5.41, 5.74) is 6.74. The third-order valence-electron chi connectivity index (χ3n) is 6.16. The van der Waals surface area contributed by atoms with Gasteiger partial charge in [0.05, 0.1) is 6.10 Å². The second kappa shape index (κ2) is 10.5. The van der Waals surface area contributed by atoms with Gasteiger partial charge in [-0.25, -0.2) is 0 Å². The summed E-state index contributed by atoms with van der Waals surface area (Å²) in [7, 11) is 0. The van der Waals surface area contributed by atoms with Crippen molar-refractivity contribution in [2.75, 3.05) is 0 Å². The molecule has 0 radical (unpaired) electrons. The van der Waals surface area contributed by atoms with Gasteiger partial charge < -0.3 is 4.74 Å². The molecule has 0 bridgehead atoms. The fourth-order valence-electron chi connectivity index (χ4n) is 4.35. The maximum Gasteiger partial charge on any atom is 0.123 e. The third-order valence-corrected chi connectivity index (χ3v) is 6.16. The molecule has 1 nitrogen and oxygen atoms in total. The van der Waals surface area contributed by atoms with Gasteiger partial charge in [-0.05, 0) is 79.5 Å². The summed E-state index contributed by atoms with van der Waals surface area (Å²) >= 11 is 0. The van der Waals surface area contributed by atoms with Crippen molar-refractivity contribution in [3.05, 3.63) is 53.8 Å². The molecule has 0 N–H and O–H groups in total. The monoisotopic (exact) mass is 376 g/mol. The second-order valence-corrected chi connectivity index (χ2v) is 8.32. The minimum atomic E-state index is 0.388. The van der Waals surface area contributed by atoms with Crippen molar-refractivity contribution in [2.45, 2.75) is 90.6 Å². The van der Waals surface area contributed by atoms with Gasteiger partial charge in [-0.1, -0.05) is 63.8 Å². The average Bonchev–Trinajstić information content (AvgIpc) is 3.00. The Balaban J connectivity index is 1.92. The predicted octanol–water partition coefficient (Wildman–Crippen LogP) is 8.25. The van der Waals surface area contributed by atoms with Gasteiger partial charge in [-0.3, -0.25) is 0 Å². The summed E-state index contributed by atoms with van der Waals surface area (Å²) < 4.78 is 6.60. The van der Waals surface area contributed by atoms with E-state index in [-0.39, 0.29) is 0 Å². The van der Waals surface area contributed by atoms with Gasteiger partial charge in [-0.2, -0.15) is 0 Å². The van der Waals surface area contributed by atoms with E-state index in [4.69, 9.17) is 4.74 Å². The number of aryl methyl sites for hydroxylation is 1. The Morgan fingerprint density at radius 3 is 2.54 bits per heavy atom. The Morgan fingerprint density at radius 2 is 1.82 bits per heavy atom. The maximum atomic E-state index is 6.60. The predicted molar refractivity (Wildman–Crippen MR) is 122 cm³/mol. The SMILES string of the molecule is C=C=C(C)c1ccc2c(CCCCCC)c(OC3CCCCCC3)ccc2c1. The quantitative estimate of drug-likeness (QED) is 0.256. The first-order chi connectivity index (χ1) is 13.7. The number of ether oxygens (including phenoxy) is 1. The van der Waals surface area contributed by atoms with Crippen molar-refractivity contribution in [3.63, 3.8) is 0 Å². The molecule has 28 heavy (non-hydrogen) atoms. The number of rotatable bonds is 8. The molecule has 0 heterocycles. The molecule has 0 amide bonds. The molecule has 1 saturated carbocycles. The molecule has 2 aromatic carbocycles. The zero-order valence-electron chi connectivity index (χ0n) is 17.9. The van der Waals surface area contributed by atoms with Crippen molar-refractivity contribution in [1.82, 2.24) is 0 Å². The lowest BCUT2D eigenvalue weighted by Crippen LogP contribution is -2.16. The lowest BCUT2D eigenvalue weighted by molar-refractivity contribution is 0.182. The van der Waals surface area contributed by atoms with Crippen molar-refractivity contribution >= 4 is 16.3 Å². The highest BCUT2D eigenvalue weighted by atomic mass is 16.5. The van der Waals surface area contributed by atoms with E-state index in [1.807, 2.05) is 0 Å². The Labute approximate surface area is 171 Å². The zero-order valence-corrected chi connectivity index (χ0v) is 17.9. The summed E-state index contributed by atoms with van der Waals surface area (Å²) in [4.78, 5) is 0. The summed E-state index contributed by atoms with van der Waals surface area (Å²) in [6, 6.07) is 11.2. The first kappa shape index (κ1) is 20.7. The lowest BCUT2D eigenvalue weighted by Gasteiger charge is -2.21. The summed E-state index contributed by atoms with van der Waals surface area (Å²) in [6.07, 6.45) is 14.4. The van der Waals surface area contributed by atoms with Crippen LogP contribution in [-0.2, 0) is 6.42 Å². The zero-order chi connectivity index (χ0) is 19.8. The minimum absolute atomic E-state index is 0.388. The summed E-state index contributed by atoms with van der Waals surface area (Å²) in [5, 5.41) is 2.65. The smallest absolute Gasteiger partial charge is 0.123 e. The normalized spacial score (nSPS) is 15.2. The van der Waals surface area contributed by atoms with Gasteiger partial charge in [0.1, 0.15) is 5.75 Å². The first-order valence-corrected chi connectivity index (χ1v) is 11.3. The van der Waals surface area contributed by atoms with Crippen LogP contribution < -0.4 is 4.74 Å². The van der Waals surface area contributed by atoms with Crippen LogP contribution in [0.15, 0.2) is 42.6 Å². The van der Waals surface area contributed by atoms with Crippen molar-refractivity contribution in [3.8, 4) is 5.75 Å². The Morgan fingerprint density at radius 1 is 1.04 bits per heavy atom. The van der Waals surface area contributed by atoms with Crippen LogP contribution in [0.1, 0.15) is 89.2 Å². The van der Waals surface area contributed by atoms with Crippen LogP contribution in [0.5, 0.6) is 5.75 Å². The van der Waals surface area contributed by atoms with Gasteiger partial charge in [0, 0.05) is 5.56 Å². The largest absolute Gasteiger partial charge is 0.490 e. The fourth-order valence-corrected chi connectivity index (χ4v) is 4.35. The van der Waals surface area contributed by atoms with Crippen LogP contribution in [0.4, 0.5) is 0 Å². The van der Waals surface area contributed by atoms with Gasteiger partial charge in [0.2, 0.25) is 0 Å². The van der Waals surface area contributed by atoms with E-state index in [2.05, 4.69) is 56.5 Å². The number of hydrogen-bond donors (Lipinski definition) is 0. The number of allylic oxidation sites excluding steroid dienone is 1. The Kier molecular flexibility index (Phi) is 7.80. The van der Waals surface area contributed by atoms with Gasteiger partial charge in [0.15, 0.2) is 0 Å². The van der Waals surface area contributed by atoms with E-state index in [1.54, 1.807) is 0 Å². The molecule has 2 aromatic rings. The highest BCUT2D eigenvalue weighted by Crippen LogP contribution is 2.33. The van der Waals surface area contributed by atoms with E-state index in [9.17, 15) is 0 Å². The topological polar surface area (TPSA) is 9.23 Å². The molecular formula is C27H36O. The number of benzene rings is 2. The number of unbranched alkanes of at least 4 members (excludes halogenated alkanes) is 3. The van der Waals surface area contributed by atoms with Crippen LogP contribution >= 0.6 is 0 Å². The lowest BCUT2D eigenvalue weighted by atomic mass is 9.95. The van der Waals surface area contributed by atoms with E-state index in [0.717, 1.165) is 17.7 Å². The van der Waals surface area contributed by atoms with Crippen LogP contribution in [0.3, 0.4) is 0 Å². The molecule has 0 unspecified atom stereocenters. The number of hydrogen-bond acceptors (Lipinski definition) is 1. The van der Waals surface area contributed by atoms with E-state index < -0.39 is 0 Å². The number of fused-ring (bicyclic) bond motifs is 1. The van der Waals surface area contributed by atoms with E-state index in [0.29, 0.717) is 6.10 Å². The highest BCUT2D eigenvalue weighted by Gasteiger charge is 2.17. The van der Waals surface area contributed by atoms with E-state index >= 15 is 0 Å². The third kappa shape index (κ3) is 5.30. The summed E-state index contributed by atoms with van der Waals surface area (Å²) in [5.74, 6) is 1.12. The Bertz CT molecular complexity index is 818. The molecule has 1 fully saturated rings. The molecule has 3 rings (SSSR count). The van der Waals surface area contributed by atoms with Crippen LogP contribution in [0.2, 0.25) is 0 Å². The van der Waals surface area contributed by atoms with Crippen LogP contribution in [0, 0.1) is 0 Å². The van der Waals surface area contributed by atoms with Crippen LogP contribution in [0.25, 0.3) is 16.3 Å².